The lowest BCUT2D eigenvalue weighted by molar-refractivity contribution is 0.0776. The number of hydrogen-bond acceptors (Lipinski definition) is 6. The fourth-order valence-corrected chi connectivity index (χ4v) is 4.03. The van der Waals surface area contributed by atoms with Crippen LogP contribution >= 0.6 is 23.1 Å². The van der Waals surface area contributed by atoms with Gasteiger partial charge in [0.25, 0.3) is 5.91 Å². The van der Waals surface area contributed by atoms with Crippen LogP contribution in [0.1, 0.15) is 16.1 Å². The summed E-state index contributed by atoms with van der Waals surface area (Å²) in [5.74, 6) is 0.182. The van der Waals surface area contributed by atoms with Crippen molar-refractivity contribution in [2.45, 2.75) is 12.5 Å². The number of nitrogens with zero attached hydrogens (tertiary/aromatic N) is 3. The zero-order valence-electron chi connectivity index (χ0n) is 11.9. The average molecular weight is 349 g/mol. The van der Waals surface area contributed by atoms with Crippen molar-refractivity contribution >= 4 is 39.1 Å². The van der Waals surface area contributed by atoms with Crippen molar-refractivity contribution in [1.82, 2.24) is 13.6 Å². The Bertz CT molecular complexity index is 850. The van der Waals surface area contributed by atoms with Crippen molar-refractivity contribution in [3.63, 3.8) is 0 Å². The van der Waals surface area contributed by atoms with Crippen LogP contribution in [0, 0.1) is 5.82 Å². The maximum atomic E-state index is 13.3. The molecule has 0 N–H and O–H groups in total. The summed E-state index contributed by atoms with van der Waals surface area (Å²) in [5, 5.41) is 0.763. The van der Waals surface area contributed by atoms with E-state index in [0.29, 0.717) is 23.8 Å². The maximum Gasteiger partial charge on any atom is 0.264 e. The number of rotatable bonds is 3. The smallest absolute Gasteiger partial charge is 0.264 e. The lowest BCUT2D eigenvalue weighted by atomic mass is 10.2. The van der Waals surface area contributed by atoms with E-state index in [0.717, 1.165) is 28.2 Å². The fourth-order valence-electron chi connectivity index (χ4n) is 2.66. The van der Waals surface area contributed by atoms with E-state index in [2.05, 4.69) is 8.75 Å². The van der Waals surface area contributed by atoms with Crippen LogP contribution in [-0.4, -0.2) is 38.7 Å². The van der Waals surface area contributed by atoms with Crippen LogP contribution in [0.15, 0.2) is 30.5 Å². The molecule has 0 bridgehead atoms. The summed E-state index contributed by atoms with van der Waals surface area (Å²) >= 11 is 2.48. The van der Waals surface area contributed by atoms with Crippen LogP contribution in [0.5, 0.6) is 5.88 Å². The molecule has 5 nitrogen and oxygen atoms in total. The Labute approximate surface area is 139 Å². The van der Waals surface area contributed by atoms with Crippen LogP contribution in [-0.2, 0) is 0 Å². The second-order valence-electron chi connectivity index (χ2n) is 5.32. The Kier molecular flexibility index (Phi) is 3.70. The number of thiophene rings is 1. The molecule has 1 fully saturated rings. The molecule has 2 aromatic heterocycles. The minimum absolute atomic E-state index is 0.0332. The first kappa shape index (κ1) is 14.5. The minimum atomic E-state index is -0.291. The first-order valence-electron chi connectivity index (χ1n) is 7.11. The largest absolute Gasteiger partial charge is 0.471 e. The van der Waals surface area contributed by atoms with Crippen molar-refractivity contribution in [3.8, 4) is 5.88 Å². The van der Waals surface area contributed by atoms with Crippen molar-refractivity contribution in [2.24, 2.45) is 0 Å². The highest BCUT2D eigenvalue weighted by Gasteiger charge is 2.29. The summed E-state index contributed by atoms with van der Waals surface area (Å²) in [6.07, 6.45) is 2.29. The summed E-state index contributed by atoms with van der Waals surface area (Å²) in [6.45, 7) is 1.17. The van der Waals surface area contributed by atoms with Crippen LogP contribution in [0.3, 0.4) is 0 Å². The van der Waals surface area contributed by atoms with Gasteiger partial charge in [-0.25, -0.2) is 4.39 Å². The van der Waals surface area contributed by atoms with E-state index in [4.69, 9.17) is 4.74 Å². The van der Waals surface area contributed by atoms with Gasteiger partial charge in [0.2, 0.25) is 5.88 Å². The number of amides is 1. The summed E-state index contributed by atoms with van der Waals surface area (Å²) in [7, 11) is 0. The van der Waals surface area contributed by atoms with Gasteiger partial charge in [0.05, 0.1) is 23.2 Å². The maximum absolute atomic E-state index is 13.3. The van der Waals surface area contributed by atoms with Crippen molar-refractivity contribution in [2.75, 3.05) is 13.1 Å². The number of carbonyl (C=O) groups excluding carboxylic acids is 1. The zero-order valence-corrected chi connectivity index (χ0v) is 13.6. The second kappa shape index (κ2) is 5.86. The van der Waals surface area contributed by atoms with Gasteiger partial charge in [-0.3, -0.25) is 4.79 Å². The number of halogens is 1. The van der Waals surface area contributed by atoms with Gasteiger partial charge < -0.3 is 9.64 Å². The third kappa shape index (κ3) is 2.91. The topological polar surface area (TPSA) is 55.3 Å². The molecule has 23 heavy (non-hydrogen) atoms. The van der Waals surface area contributed by atoms with Gasteiger partial charge in [-0.15, -0.1) is 15.7 Å². The number of carbonyl (C=O) groups is 1. The van der Waals surface area contributed by atoms with E-state index in [1.54, 1.807) is 23.2 Å². The molecule has 4 rings (SSSR count). The molecule has 1 amide bonds. The molecule has 1 aliphatic heterocycles. The Balaban J connectivity index is 1.48. The summed E-state index contributed by atoms with van der Waals surface area (Å²) in [6, 6.07) is 6.32. The molecule has 1 saturated heterocycles. The van der Waals surface area contributed by atoms with Gasteiger partial charge in [-0.05, 0) is 29.7 Å². The van der Waals surface area contributed by atoms with Gasteiger partial charge >= 0.3 is 0 Å². The monoisotopic (exact) mass is 349 g/mol. The normalized spacial score (nSPS) is 17.8. The Morgan fingerprint density at radius 1 is 1.39 bits per heavy atom. The number of aromatic nitrogens is 2. The molecule has 8 heteroatoms. The predicted molar refractivity (Wildman–Crippen MR) is 86.6 cm³/mol. The molecule has 0 radical (unpaired) electrons. The Morgan fingerprint density at radius 2 is 2.30 bits per heavy atom. The predicted octanol–water partition coefficient (Wildman–Crippen LogP) is 3.19. The van der Waals surface area contributed by atoms with Crippen molar-refractivity contribution < 1.29 is 13.9 Å². The number of ether oxygens (including phenoxy) is 1. The first-order chi connectivity index (χ1) is 11.2. The highest BCUT2D eigenvalue weighted by molar-refractivity contribution is 7.20. The molecular weight excluding hydrogens is 337 g/mol. The lowest BCUT2D eigenvalue weighted by Gasteiger charge is -2.15. The Hall–Kier alpha value is -2.06. The van der Waals surface area contributed by atoms with Gasteiger partial charge in [0.1, 0.15) is 18.1 Å². The molecule has 0 saturated carbocycles. The minimum Gasteiger partial charge on any atom is -0.471 e. The third-order valence-electron chi connectivity index (χ3n) is 3.75. The highest BCUT2D eigenvalue weighted by atomic mass is 32.1. The molecule has 0 spiro atoms. The standard InChI is InChI=1S/C15H12FN3O2S2/c16-10-1-2-12-9(5-10)6-13(22-12)15(20)19-4-3-11(8-19)21-14-7-17-23-18-14/h1-2,5-7,11H,3-4,8H2. The SMILES string of the molecule is O=C(c1cc2cc(F)ccc2s1)N1CCC(Oc2cnsn2)C1. The van der Waals surface area contributed by atoms with E-state index in [1.165, 1.54) is 23.5 Å². The fraction of sp³-hybridized carbons (Fsp3) is 0.267. The van der Waals surface area contributed by atoms with E-state index < -0.39 is 0 Å². The van der Waals surface area contributed by atoms with Crippen LogP contribution in [0.25, 0.3) is 10.1 Å². The van der Waals surface area contributed by atoms with Gasteiger partial charge in [0, 0.05) is 17.7 Å². The number of fused-ring (bicyclic) bond motifs is 1. The van der Waals surface area contributed by atoms with Crippen molar-refractivity contribution in [1.29, 1.82) is 0 Å². The van der Waals surface area contributed by atoms with Gasteiger partial charge in [-0.1, -0.05) is 0 Å². The molecule has 3 heterocycles. The number of hydrogen-bond donors (Lipinski definition) is 0. The molecule has 1 unspecified atom stereocenters. The van der Waals surface area contributed by atoms with E-state index in [1.807, 2.05) is 0 Å². The summed E-state index contributed by atoms with van der Waals surface area (Å²) < 4.78 is 27.8. The number of likely N-dealkylation sites (tertiary alicyclic amines) is 1. The van der Waals surface area contributed by atoms with Crippen LogP contribution in [0.4, 0.5) is 4.39 Å². The molecule has 1 atom stereocenters. The van der Waals surface area contributed by atoms with Crippen LogP contribution < -0.4 is 4.74 Å². The Morgan fingerprint density at radius 3 is 3.13 bits per heavy atom. The van der Waals surface area contributed by atoms with Gasteiger partial charge in [0.15, 0.2) is 0 Å². The second-order valence-corrected chi connectivity index (χ2v) is 6.96. The quantitative estimate of drug-likeness (QED) is 0.729. The van der Waals surface area contributed by atoms with Crippen molar-refractivity contribution in [3.05, 3.63) is 41.2 Å². The zero-order chi connectivity index (χ0) is 15.8. The van der Waals surface area contributed by atoms with Gasteiger partial charge in [-0.2, -0.15) is 4.37 Å². The average Bonchev–Trinajstić information content (AvgIpc) is 3.26. The highest BCUT2D eigenvalue weighted by Crippen LogP contribution is 2.28. The molecule has 0 aliphatic carbocycles. The number of benzene rings is 1. The third-order valence-corrected chi connectivity index (χ3v) is 5.32. The van der Waals surface area contributed by atoms with Crippen LogP contribution in [0.2, 0.25) is 0 Å². The van der Waals surface area contributed by atoms with E-state index in [9.17, 15) is 9.18 Å². The molecule has 1 aliphatic rings. The molecule has 3 aromatic rings. The van der Waals surface area contributed by atoms with E-state index in [-0.39, 0.29) is 17.8 Å². The van der Waals surface area contributed by atoms with E-state index >= 15 is 0 Å². The summed E-state index contributed by atoms with van der Waals surface area (Å²) in [5.41, 5.74) is 0. The first-order valence-corrected chi connectivity index (χ1v) is 8.66. The summed E-state index contributed by atoms with van der Waals surface area (Å²) in [4.78, 5) is 15.0. The molecule has 118 valence electrons. The lowest BCUT2D eigenvalue weighted by Crippen LogP contribution is -2.30. The molecular formula is C15H12FN3O2S2. The molecule has 1 aromatic carbocycles.